The molecule has 2 aliphatic rings. The van der Waals surface area contributed by atoms with Gasteiger partial charge in [-0.2, -0.15) is 0 Å². The van der Waals surface area contributed by atoms with Crippen molar-refractivity contribution in [3.05, 3.63) is 23.8 Å². The zero-order chi connectivity index (χ0) is 16.6. The van der Waals surface area contributed by atoms with Crippen molar-refractivity contribution >= 4 is 0 Å². The average molecular weight is 328 g/mol. The number of benzene rings is 1. The smallest absolute Gasteiger partial charge is 0.186 e. The summed E-state index contributed by atoms with van der Waals surface area (Å²) < 4.78 is 26.9. The maximum absolute atomic E-state index is 10.2. The molecule has 0 saturated carbocycles. The third-order valence-corrected chi connectivity index (χ3v) is 4.04. The number of phenols is 1. The van der Waals surface area contributed by atoms with Crippen LogP contribution in [0, 0.1) is 0 Å². The lowest BCUT2D eigenvalue weighted by Crippen LogP contribution is -2.62. The van der Waals surface area contributed by atoms with E-state index in [-0.39, 0.29) is 18.1 Å². The molecule has 0 radical (unpaired) electrons. The number of fused-ring (bicyclic) bond motifs is 1. The highest BCUT2D eigenvalue weighted by atomic mass is 16.7. The Morgan fingerprint density at radius 1 is 1.13 bits per heavy atom. The fraction of sp³-hybridized carbons (Fsp3) is 0.600. The standard InChI is InChI=1S/C15H20O8/c1-19-9-5-7(3-4-8(9)16)14-21-6-10-13(23-14)11(17)12(18)15(20-2)22-10/h3-5,10-18H,6H2,1-2H3/t10-,11-,12-,13-,14?,15?/m1/s1. The van der Waals surface area contributed by atoms with Crippen LogP contribution in [0.15, 0.2) is 18.2 Å². The average Bonchev–Trinajstić information content (AvgIpc) is 2.58. The van der Waals surface area contributed by atoms with E-state index in [2.05, 4.69) is 0 Å². The van der Waals surface area contributed by atoms with Crippen LogP contribution < -0.4 is 4.74 Å². The van der Waals surface area contributed by atoms with E-state index in [4.69, 9.17) is 23.7 Å². The highest BCUT2D eigenvalue weighted by molar-refractivity contribution is 5.42. The van der Waals surface area contributed by atoms with Gasteiger partial charge in [0.1, 0.15) is 24.4 Å². The summed E-state index contributed by atoms with van der Waals surface area (Å²) in [6, 6.07) is 4.69. The van der Waals surface area contributed by atoms with Crippen molar-refractivity contribution in [2.45, 2.75) is 37.0 Å². The highest BCUT2D eigenvalue weighted by Gasteiger charge is 2.49. The molecule has 2 heterocycles. The van der Waals surface area contributed by atoms with Crippen LogP contribution >= 0.6 is 0 Å². The van der Waals surface area contributed by atoms with Crippen molar-refractivity contribution in [1.29, 1.82) is 0 Å². The minimum atomic E-state index is -1.21. The zero-order valence-electron chi connectivity index (χ0n) is 12.8. The Balaban J connectivity index is 1.77. The first kappa shape index (κ1) is 16.4. The van der Waals surface area contributed by atoms with E-state index in [9.17, 15) is 15.3 Å². The van der Waals surface area contributed by atoms with Gasteiger partial charge in [-0.1, -0.05) is 6.07 Å². The van der Waals surface area contributed by atoms with E-state index in [1.807, 2.05) is 0 Å². The monoisotopic (exact) mass is 328 g/mol. The number of aromatic hydroxyl groups is 1. The van der Waals surface area contributed by atoms with Crippen molar-refractivity contribution in [2.75, 3.05) is 20.8 Å². The van der Waals surface area contributed by atoms with E-state index in [0.29, 0.717) is 5.56 Å². The van der Waals surface area contributed by atoms with Gasteiger partial charge in [-0.15, -0.1) is 0 Å². The van der Waals surface area contributed by atoms with Gasteiger partial charge < -0.3 is 39.0 Å². The number of ether oxygens (including phenoxy) is 5. The number of hydrogen-bond acceptors (Lipinski definition) is 8. The van der Waals surface area contributed by atoms with Crippen LogP contribution in [0.2, 0.25) is 0 Å². The summed E-state index contributed by atoms with van der Waals surface area (Å²) >= 11 is 0. The third kappa shape index (κ3) is 3.01. The molecule has 3 rings (SSSR count). The van der Waals surface area contributed by atoms with Gasteiger partial charge in [0, 0.05) is 12.7 Å². The second-order valence-electron chi connectivity index (χ2n) is 5.46. The Labute approximate surface area is 133 Å². The van der Waals surface area contributed by atoms with Crippen LogP contribution in [0.1, 0.15) is 11.9 Å². The van der Waals surface area contributed by atoms with Crippen LogP contribution in [0.3, 0.4) is 0 Å². The zero-order valence-corrected chi connectivity index (χ0v) is 12.8. The minimum absolute atomic E-state index is 0.00401. The fourth-order valence-electron chi connectivity index (χ4n) is 2.78. The van der Waals surface area contributed by atoms with Gasteiger partial charge in [0.05, 0.1) is 13.7 Å². The van der Waals surface area contributed by atoms with E-state index in [1.165, 1.54) is 20.3 Å². The van der Waals surface area contributed by atoms with Crippen LogP contribution in [0.4, 0.5) is 0 Å². The molecule has 8 heteroatoms. The normalized spacial score (nSPS) is 37.2. The molecular weight excluding hydrogens is 308 g/mol. The Hall–Kier alpha value is -1.42. The number of aliphatic hydroxyl groups is 2. The molecule has 0 amide bonds. The lowest BCUT2D eigenvalue weighted by atomic mass is 9.98. The first-order valence-corrected chi connectivity index (χ1v) is 7.23. The maximum atomic E-state index is 10.2. The van der Waals surface area contributed by atoms with Crippen LogP contribution in [0.25, 0.3) is 0 Å². The second-order valence-corrected chi connectivity index (χ2v) is 5.46. The van der Waals surface area contributed by atoms with Gasteiger partial charge in [0.15, 0.2) is 24.1 Å². The molecule has 0 aliphatic carbocycles. The molecule has 1 aromatic carbocycles. The van der Waals surface area contributed by atoms with E-state index in [1.54, 1.807) is 12.1 Å². The first-order valence-electron chi connectivity index (χ1n) is 7.23. The second kappa shape index (κ2) is 6.60. The number of aliphatic hydroxyl groups excluding tert-OH is 2. The van der Waals surface area contributed by atoms with E-state index in [0.717, 1.165) is 0 Å². The lowest BCUT2D eigenvalue weighted by Gasteiger charge is -2.45. The molecule has 8 nitrogen and oxygen atoms in total. The molecule has 128 valence electrons. The van der Waals surface area contributed by atoms with Crippen molar-refractivity contribution in [3.8, 4) is 11.5 Å². The van der Waals surface area contributed by atoms with Gasteiger partial charge >= 0.3 is 0 Å². The van der Waals surface area contributed by atoms with Gasteiger partial charge in [-0.3, -0.25) is 0 Å². The van der Waals surface area contributed by atoms with Gasteiger partial charge in [-0.25, -0.2) is 0 Å². The Kier molecular flexibility index (Phi) is 4.72. The first-order chi connectivity index (χ1) is 11.0. The van der Waals surface area contributed by atoms with Crippen molar-refractivity contribution in [1.82, 2.24) is 0 Å². The molecular formula is C15H20O8. The number of rotatable bonds is 3. The topological polar surface area (TPSA) is 107 Å². The third-order valence-electron chi connectivity index (χ3n) is 4.04. The van der Waals surface area contributed by atoms with Crippen LogP contribution in [-0.2, 0) is 18.9 Å². The Morgan fingerprint density at radius 2 is 1.91 bits per heavy atom. The fourth-order valence-corrected chi connectivity index (χ4v) is 2.78. The van der Waals surface area contributed by atoms with Gasteiger partial charge in [0.2, 0.25) is 0 Å². The number of phenolic OH excluding ortho intramolecular Hbond substituents is 1. The van der Waals surface area contributed by atoms with Crippen LogP contribution in [-0.4, -0.2) is 66.9 Å². The number of methoxy groups -OCH3 is 2. The van der Waals surface area contributed by atoms with Crippen molar-refractivity contribution in [2.24, 2.45) is 0 Å². The molecule has 0 spiro atoms. The molecule has 3 N–H and O–H groups in total. The highest BCUT2D eigenvalue weighted by Crippen LogP contribution is 2.36. The van der Waals surface area contributed by atoms with Crippen molar-refractivity contribution < 1.29 is 39.0 Å². The summed E-state index contributed by atoms with van der Waals surface area (Å²) in [5.41, 5.74) is 0.619. The lowest BCUT2D eigenvalue weighted by molar-refractivity contribution is -0.358. The van der Waals surface area contributed by atoms with Gasteiger partial charge in [-0.05, 0) is 12.1 Å². The molecule has 2 unspecified atom stereocenters. The molecule has 23 heavy (non-hydrogen) atoms. The van der Waals surface area contributed by atoms with E-state index < -0.39 is 37.0 Å². The molecule has 1 aromatic rings. The maximum Gasteiger partial charge on any atom is 0.186 e. The Bertz CT molecular complexity index is 548. The van der Waals surface area contributed by atoms with Crippen molar-refractivity contribution in [3.63, 3.8) is 0 Å². The summed E-state index contributed by atoms with van der Waals surface area (Å²) in [5.74, 6) is 0.293. The SMILES string of the molecule is COc1cc(C2OC[C@H]3OC(OC)[C@H](O)[C@@H](O)[C@@H]3O2)ccc1O. The summed E-state index contributed by atoms with van der Waals surface area (Å²) in [6.07, 6.45) is -5.37. The molecule has 2 saturated heterocycles. The summed E-state index contributed by atoms with van der Waals surface area (Å²) in [5, 5.41) is 29.8. The quantitative estimate of drug-likeness (QED) is 0.707. The summed E-state index contributed by atoms with van der Waals surface area (Å²) in [6.45, 7) is 0.169. The predicted octanol–water partition coefficient (Wildman–Crippen LogP) is -0.0921. The van der Waals surface area contributed by atoms with E-state index >= 15 is 0 Å². The molecule has 6 atom stereocenters. The van der Waals surface area contributed by atoms with Gasteiger partial charge in [0.25, 0.3) is 0 Å². The molecule has 2 aliphatic heterocycles. The largest absolute Gasteiger partial charge is 0.504 e. The summed E-state index contributed by atoms with van der Waals surface area (Å²) in [4.78, 5) is 0. The number of hydrogen-bond donors (Lipinski definition) is 3. The Morgan fingerprint density at radius 3 is 2.61 bits per heavy atom. The predicted molar refractivity (Wildman–Crippen MR) is 75.9 cm³/mol. The van der Waals surface area contributed by atoms with Crippen LogP contribution in [0.5, 0.6) is 11.5 Å². The minimum Gasteiger partial charge on any atom is -0.504 e. The molecule has 0 bridgehead atoms. The molecule has 0 aromatic heterocycles. The molecule has 2 fully saturated rings. The summed E-state index contributed by atoms with van der Waals surface area (Å²) in [7, 11) is 2.83.